The molecule has 0 aliphatic carbocycles. The summed E-state index contributed by atoms with van der Waals surface area (Å²) in [6.07, 6.45) is 0. The first-order chi connectivity index (χ1) is 14.0. The van der Waals surface area contributed by atoms with Crippen LogP contribution in [0.3, 0.4) is 0 Å². The Morgan fingerprint density at radius 2 is 1.62 bits per heavy atom. The Kier molecular flexibility index (Phi) is 4.59. The molecule has 8 nitrogen and oxygen atoms in total. The number of ether oxygens (including phenoxy) is 1. The zero-order valence-corrected chi connectivity index (χ0v) is 15.7. The van der Waals surface area contributed by atoms with Crippen molar-refractivity contribution in [3.05, 3.63) is 82.2 Å². The first-order valence-corrected chi connectivity index (χ1v) is 8.81. The zero-order valence-electron chi connectivity index (χ0n) is 15.7. The molecule has 0 bridgehead atoms. The average molecular weight is 392 g/mol. The number of hydrogen-bond acceptors (Lipinski definition) is 7. The van der Waals surface area contributed by atoms with Crippen molar-refractivity contribution in [3.63, 3.8) is 0 Å². The van der Waals surface area contributed by atoms with Gasteiger partial charge in [0.2, 0.25) is 0 Å². The minimum Gasteiger partial charge on any atom is -0.488 e. The third-order valence-electron chi connectivity index (χ3n) is 4.59. The van der Waals surface area contributed by atoms with Crippen molar-refractivity contribution in [1.29, 1.82) is 0 Å². The second kappa shape index (κ2) is 7.23. The van der Waals surface area contributed by atoms with Gasteiger partial charge in [0.1, 0.15) is 23.7 Å². The van der Waals surface area contributed by atoms with Gasteiger partial charge in [-0.25, -0.2) is 4.79 Å². The Morgan fingerprint density at radius 3 is 2.24 bits per heavy atom. The normalized spacial score (nSPS) is 12.8. The average Bonchev–Trinajstić information content (AvgIpc) is 3.18. The molecule has 0 saturated heterocycles. The number of fused-ring (bicyclic) bond motifs is 1. The molecule has 0 fully saturated rings. The minimum atomic E-state index is -0.881. The van der Waals surface area contributed by atoms with Gasteiger partial charge in [0, 0.05) is 0 Å². The van der Waals surface area contributed by atoms with E-state index in [9.17, 15) is 14.4 Å². The summed E-state index contributed by atoms with van der Waals surface area (Å²) in [5.74, 6) is -1.39. The van der Waals surface area contributed by atoms with Crippen LogP contribution in [0.4, 0.5) is 0 Å². The number of amides is 2. The van der Waals surface area contributed by atoms with Gasteiger partial charge < -0.3 is 14.1 Å². The lowest BCUT2D eigenvalue weighted by molar-refractivity contribution is -0.0586. The van der Waals surface area contributed by atoms with Gasteiger partial charge in [-0.05, 0) is 38.1 Å². The van der Waals surface area contributed by atoms with Gasteiger partial charge in [-0.3, -0.25) is 9.59 Å². The molecule has 146 valence electrons. The molecular weight excluding hydrogens is 376 g/mol. The van der Waals surface area contributed by atoms with Crippen molar-refractivity contribution in [2.24, 2.45) is 0 Å². The van der Waals surface area contributed by atoms with E-state index in [1.807, 2.05) is 0 Å². The molecule has 1 aliphatic heterocycles. The Labute approximate surface area is 165 Å². The molecule has 0 spiro atoms. The van der Waals surface area contributed by atoms with E-state index in [0.717, 1.165) is 5.56 Å². The van der Waals surface area contributed by atoms with Crippen molar-refractivity contribution in [2.45, 2.75) is 20.5 Å². The second-order valence-corrected chi connectivity index (χ2v) is 6.42. The Bertz CT molecular complexity index is 1080. The monoisotopic (exact) mass is 392 g/mol. The number of carbonyl (C=O) groups is 3. The van der Waals surface area contributed by atoms with Crippen LogP contribution in [-0.4, -0.2) is 28.0 Å². The summed E-state index contributed by atoms with van der Waals surface area (Å²) in [5, 5.41) is 4.33. The lowest BCUT2D eigenvalue weighted by Gasteiger charge is -2.15. The number of hydroxylamine groups is 2. The zero-order chi connectivity index (χ0) is 20.5. The van der Waals surface area contributed by atoms with Crippen LogP contribution in [0.25, 0.3) is 0 Å². The number of aromatic nitrogens is 1. The lowest BCUT2D eigenvalue weighted by atomic mass is 10.1. The van der Waals surface area contributed by atoms with Crippen LogP contribution in [0.1, 0.15) is 48.1 Å². The topological polar surface area (TPSA) is 98.9 Å². The standard InChI is InChI=1S/C21H16N2O6/c1-12-17(13(2)28-22-12)11-27-18-10-6-5-9-16(18)21(26)29-23-19(24)14-7-3-4-8-15(14)20(23)25/h3-10H,11H2,1-2H3. The van der Waals surface area contributed by atoms with E-state index in [4.69, 9.17) is 14.1 Å². The number of benzene rings is 2. The molecule has 0 radical (unpaired) electrons. The van der Waals surface area contributed by atoms with E-state index in [1.54, 1.807) is 44.2 Å². The van der Waals surface area contributed by atoms with E-state index in [2.05, 4.69) is 5.16 Å². The quantitative estimate of drug-likeness (QED) is 0.615. The predicted molar refractivity (Wildman–Crippen MR) is 99.1 cm³/mol. The van der Waals surface area contributed by atoms with Crippen LogP contribution < -0.4 is 4.74 Å². The maximum atomic E-state index is 12.7. The molecule has 29 heavy (non-hydrogen) atoms. The van der Waals surface area contributed by atoms with E-state index in [0.29, 0.717) is 16.5 Å². The highest BCUT2D eigenvalue weighted by Gasteiger charge is 2.39. The van der Waals surface area contributed by atoms with E-state index < -0.39 is 17.8 Å². The van der Waals surface area contributed by atoms with Gasteiger partial charge in [0.25, 0.3) is 11.8 Å². The molecule has 0 atom stereocenters. The molecule has 1 aromatic heterocycles. The number of hydrogen-bond donors (Lipinski definition) is 0. The maximum absolute atomic E-state index is 12.7. The van der Waals surface area contributed by atoms with Gasteiger partial charge in [0.15, 0.2) is 0 Å². The number of imide groups is 1. The molecule has 2 aromatic carbocycles. The van der Waals surface area contributed by atoms with Crippen LogP contribution in [-0.2, 0) is 11.4 Å². The molecule has 0 unspecified atom stereocenters. The first-order valence-electron chi connectivity index (χ1n) is 8.81. The third-order valence-corrected chi connectivity index (χ3v) is 4.59. The summed E-state index contributed by atoms with van der Waals surface area (Å²) < 4.78 is 10.9. The largest absolute Gasteiger partial charge is 0.488 e. The van der Waals surface area contributed by atoms with Gasteiger partial charge >= 0.3 is 5.97 Å². The van der Waals surface area contributed by atoms with Gasteiger partial charge in [-0.2, -0.15) is 0 Å². The maximum Gasteiger partial charge on any atom is 0.367 e. The molecule has 0 saturated carbocycles. The summed E-state index contributed by atoms with van der Waals surface area (Å²) >= 11 is 0. The number of aryl methyl sites for hydroxylation is 2. The summed E-state index contributed by atoms with van der Waals surface area (Å²) in [6.45, 7) is 3.69. The fourth-order valence-corrected chi connectivity index (χ4v) is 3.00. The lowest BCUT2D eigenvalue weighted by Crippen LogP contribution is -2.32. The summed E-state index contributed by atoms with van der Waals surface area (Å²) in [5.41, 5.74) is 1.92. The SMILES string of the molecule is Cc1noc(C)c1COc1ccccc1C(=O)ON1C(=O)c2ccccc2C1=O. The summed E-state index contributed by atoms with van der Waals surface area (Å²) in [7, 11) is 0. The van der Waals surface area contributed by atoms with Gasteiger partial charge in [-0.15, -0.1) is 0 Å². The van der Waals surface area contributed by atoms with Crippen LogP contribution in [0.15, 0.2) is 53.1 Å². The number of nitrogens with zero attached hydrogens (tertiary/aromatic N) is 2. The highest BCUT2D eigenvalue weighted by atomic mass is 16.7. The number of rotatable bonds is 5. The summed E-state index contributed by atoms with van der Waals surface area (Å²) in [4.78, 5) is 42.6. The van der Waals surface area contributed by atoms with Crippen molar-refractivity contribution in [2.75, 3.05) is 0 Å². The van der Waals surface area contributed by atoms with E-state index in [-0.39, 0.29) is 29.0 Å². The van der Waals surface area contributed by atoms with E-state index in [1.165, 1.54) is 18.2 Å². The van der Waals surface area contributed by atoms with Crippen molar-refractivity contribution in [1.82, 2.24) is 10.2 Å². The van der Waals surface area contributed by atoms with Crippen LogP contribution >= 0.6 is 0 Å². The molecular formula is C21H16N2O6. The van der Waals surface area contributed by atoms with Crippen molar-refractivity contribution < 1.29 is 28.5 Å². The molecule has 8 heteroatoms. The van der Waals surface area contributed by atoms with Gasteiger partial charge in [0.05, 0.1) is 22.4 Å². The van der Waals surface area contributed by atoms with E-state index >= 15 is 0 Å². The van der Waals surface area contributed by atoms with Crippen LogP contribution in [0.2, 0.25) is 0 Å². The third kappa shape index (κ3) is 3.25. The fraction of sp³-hybridized carbons (Fsp3) is 0.143. The Balaban J connectivity index is 1.53. The number of carbonyl (C=O) groups excluding carboxylic acids is 3. The Morgan fingerprint density at radius 1 is 1.00 bits per heavy atom. The predicted octanol–water partition coefficient (Wildman–Crippen LogP) is 3.24. The van der Waals surface area contributed by atoms with Gasteiger partial charge in [-0.1, -0.05) is 34.5 Å². The van der Waals surface area contributed by atoms with Crippen molar-refractivity contribution in [3.8, 4) is 5.75 Å². The smallest absolute Gasteiger partial charge is 0.367 e. The van der Waals surface area contributed by atoms with Crippen molar-refractivity contribution >= 4 is 17.8 Å². The second-order valence-electron chi connectivity index (χ2n) is 6.42. The molecule has 1 aliphatic rings. The highest BCUT2D eigenvalue weighted by molar-refractivity contribution is 6.21. The fourth-order valence-electron chi connectivity index (χ4n) is 3.00. The van der Waals surface area contributed by atoms with Crippen LogP contribution in [0, 0.1) is 13.8 Å². The molecule has 2 heterocycles. The highest BCUT2D eigenvalue weighted by Crippen LogP contribution is 2.26. The first kappa shape index (κ1) is 18.4. The Hall–Kier alpha value is -3.94. The summed E-state index contributed by atoms with van der Waals surface area (Å²) in [6, 6.07) is 12.7. The molecule has 4 rings (SSSR count). The minimum absolute atomic E-state index is 0.0795. The van der Waals surface area contributed by atoms with Crippen LogP contribution in [0.5, 0.6) is 5.75 Å². The molecule has 0 N–H and O–H groups in total. The molecule has 3 aromatic rings. The molecule has 2 amide bonds. The number of para-hydroxylation sites is 1.